The van der Waals surface area contributed by atoms with Gasteiger partial charge in [-0.3, -0.25) is 0 Å². The largest absolute Gasteiger partial charge is 0.403 e. The van der Waals surface area contributed by atoms with Gasteiger partial charge in [0.1, 0.15) is 6.29 Å². The first-order valence-electron chi connectivity index (χ1n) is 10.7. The zero-order chi connectivity index (χ0) is 23.1. The van der Waals surface area contributed by atoms with Crippen molar-refractivity contribution in [1.82, 2.24) is 5.32 Å². The van der Waals surface area contributed by atoms with Crippen molar-refractivity contribution in [2.24, 2.45) is 5.73 Å². The third-order valence-corrected chi connectivity index (χ3v) is 4.62. The fourth-order valence-corrected chi connectivity index (χ4v) is 3.12. The summed E-state index contributed by atoms with van der Waals surface area (Å²) in [5.41, 5.74) is 12.4. The Morgan fingerprint density at radius 2 is 1.70 bits per heavy atom. The van der Waals surface area contributed by atoms with Gasteiger partial charge < -0.3 is 20.7 Å². The van der Waals surface area contributed by atoms with Gasteiger partial charge in [-0.1, -0.05) is 50.8 Å². The van der Waals surface area contributed by atoms with Gasteiger partial charge in [0.25, 0.3) is 0 Å². The fraction of sp³-hybridized carbons (Fsp3) is 0.423. The highest BCUT2D eigenvalue weighted by molar-refractivity contribution is 5.70. The molecular formula is C26H41N3O. The molecule has 2 aromatic rings. The molecule has 0 fully saturated rings. The number of fused-ring (bicyclic) bond motifs is 1. The predicted octanol–water partition coefficient (Wildman–Crippen LogP) is 5.55. The van der Waals surface area contributed by atoms with E-state index >= 15 is 0 Å². The van der Waals surface area contributed by atoms with Crippen LogP contribution in [0.25, 0.3) is 11.1 Å². The van der Waals surface area contributed by atoms with Crippen molar-refractivity contribution in [2.75, 3.05) is 19.0 Å². The molecule has 1 atom stereocenters. The molecule has 3 rings (SSSR count). The second kappa shape index (κ2) is 15.3. The van der Waals surface area contributed by atoms with Crippen LogP contribution in [0.2, 0.25) is 0 Å². The summed E-state index contributed by atoms with van der Waals surface area (Å²) in [6, 6.07) is 16.4. The van der Waals surface area contributed by atoms with Crippen molar-refractivity contribution in [3.05, 3.63) is 65.9 Å². The molecule has 2 aromatic carbocycles. The molecule has 0 bridgehead atoms. The van der Waals surface area contributed by atoms with Gasteiger partial charge in [0.2, 0.25) is 0 Å². The van der Waals surface area contributed by atoms with Gasteiger partial charge in [-0.15, -0.1) is 0 Å². The van der Waals surface area contributed by atoms with Gasteiger partial charge in [-0.25, -0.2) is 0 Å². The van der Waals surface area contributed by atoms with E-state index < -0.39 is 0 Å². The molecule has 0 saturated heterocycles. The van der Waals surface area contributed by atoms with Gasteiger partial charge >= 0.3 is 0 Å². The quantitative estimate of drug-likeness (QED) is 0.650. The number of hydrogen-bond acceptors (Lipinski definition) is 4. The number of benzene rings is 2. The van der Waals surface area contributed by atoms with Crippen LogP contribution in [-0.4, -0.2) is 26.4 Å². The molecule has 0 amide bonds. The number of nitrogens with zero attached hydrogens (tertiary/aromatic N) is 1. The zero-order valence-corrected chi connectivity index (χ0v) is 20.0. The minimum absolute atomic E-state index is 0.643. The summed E-state index contributed by atoms with van der Waals surface area (Å²) in [5, 5.41) is 3.19. The Labute approximate surface area is 184 Å². The van der Waals surface area contributed by atoms with Gasteiger partial charge in [-0.2, -0.15) is 0 Å². The van der Waals surface area contributed by atoms with E-state index in [4.69, 9.17) is 10.5 Å². The van der Waals surface area contributed by atoms with Crippen molar-refractivity contribution in [2.45, 2.75) is 60.0 Å². The molecule has 166 valence electrons. The van der Waals surface area contributed by atoms with E-state index in [1.54, 1.807) is 6.92 Å². The lowest BCUT2D eigenvalue weighted by atomic mass is 9.93. The maximum absolute atomic E-state index is 8.81. The number of rotatable bonds is 3. The van der Waals surface area contributed by atoms with E-state index in [1.807, 2.05) is 20.9 Å². The number of anilines is 1. The number of hydrogen-bond donors (Lipinski definition) is 2. The number of aryl methyl sites for hydroxylation is 1. The molecule has 0 spiro atoms. The lowest BCUT2D eigenvalue weighted by Gasteiger charge is -2.34. The molecule has 4 heteroatoms. The molecule has 4 nitrogen and oxygen atoms in total. The van der Waals surface area contributed by atoms with Gasteiger partial charge in [0.05, 0.1) is 0 Å². The van der Waals surface area contributed by atoms with E-state index in [0.717, 1.165) is 12.8 Å². The van der Waals surface area contributed by atoms with Crippen LogP contribution in [0.4, 0.5) is 5.69 Å². The summed E-state index contributed by atoms with van der Waals surface area (Å²) in [5.74, 6) is 0. The SMILES string of the molecule is C=C(C)N.CC.CC=O.CNCc1ccc(-c2ccc3c(c2)CC[C@H](C)N3C)cc1. The highest BCUT2D eigenvalue weighted by atomic mass is 16.1. The minimum Gasteiger partial charge on any atom is -0.403 e. The summed E-state index contributed by atoms with van der Waals surface area (Å²) in [7, 11) is 4.18. The molecule has 0 saturated carbocycles. The Kier molecular flexibility index (Phi) is 14.0. The summed E-state index contributed by atoms with van der Waals surface area (Å²) in [6.45, 7) is 13.8. The maximum atomic E-state index is 8.81. The second-order valence-corrected chi connectivity index (χ2v) is 7.15. The van der Waals surface area contributed by atoms with Crippen LogP contribution in [0.3, 0.4) is 0 Å². The van der Waals surface area contributed by atoms with Crippen LogP contribution >= 0.6 is 0 Å². The summed E-state index contributed by atoms with van der Waals surface area (Å²) in [6.07, 6.45) is 3.18. The van der Waals surface area contributed by atoms with Crippen molar-refractivity contribution in [3.63, 3.8) is 0 Å². The molecule has 1 aliphatic heterocycles. The molecule has 1 heterocycles. The number of carbonyl (C=O) groups is 1. The summed E-state index contributed by atoms with van der Waals surface area (Å²) >= 11 is 0. The van der Waals surface area contributed by atoms with E-state index in [2.05, 4.69) is 73.2 Å². The number of allylic oxidation sites excluding steroid dienone is 1. The van der Waals surface area contributed by atoms with Crippen LogP contribution < -0.4 is 16.0 Å². The number of aldehydes is 1. The van der Waals surface area contributed by atoms with E-state index in [1.165, 1.54) is 47.7 Å². The molecule has 3 N–H and O–H groups in total. The van der Waals surface area contributed by atoms with Crippen molar-refractivity contribution in [3.8, 4) is 11.1 Å². The molecule has 1 aliphatic rings. The second-order valence-electron chi connectivity index (χ2n) is 7.15. The van der Waals surface area contributed by atoms with Crippen molar-refractivity contribution >= 4 is 12.0 Å². The molecule has 0 aromatic heterocycles. The molecule has 0 aliphatic carbocycles. The predicted molar refractivity (Wildman–Crippen MR) is 133 cm³/mol. The Morgan fingerprint density at radius 3 is 2.20 bits per heavy atom. The van der Waals surface area contributed by atoms with Crippen molar-refractivity contribution in [1.29, 1.82) is 0 Å². The number of nitrogens with one attached hydrogen (secondary N) is 1. The first-order chi connectivity index (χ1) is 14.3. The number of carbonyl (C=O) groups excluding carboxylic acids is 1. The lowest BCUT2D eigenvalue weighted by Crippen LogP contribution is -2.33. The highest BCUT2D eigenvalue weighted by Gasteiger charge is 2.19. The third kappa shape index (κ3) is 9.27. The Balaban J connectivity index is 0.000000806. The van der Waals surface area contributed by atoms with E-state index in [0.29, 0.717) is 11.7 Å². The standard InChI is InChI=1S/C19H24N2.C3H7N.C2H4O.C2H6/c1-14-4-7-18-12-17(10-11-19(18)21(14)3)16-8-5-15(6-9-16)13-20-2;1-3(2)4;1-2-3;1-2/h5-6,8-12,14,20H,4,7,13H2,1-3H3;1,4H2,2H3;2H,1H3;1-2H3/t14-;;;/m0.../s1. The minimum atomic E-state index is 0.643. The average Bonchev–Trinajstić information content (AvgIpc) is 2.73. The van der Waals surface area contributed by atoms with Crippen LogP contribution in [0, 0.1) is 0 Å². The topological polar surface area (TPSA) is 58.4 Å². The molecule has 30 heavy (non-hydrogen) atoms. The van der Waals surface area contributed by atoms with Gasteiger partial charge in [-0.05, 0) is 80.7 Å². The van der Waals surface area contributed by atoms with E-state index in [9.17, 15) is 0 Å². The van der Waals surface area contributed by atoms with Gasteiger partial charge in [0, 0.05) is 25.3 Å². The Morgan fingerprint density at radius 1 is 1.20 bits per heavy atom. The van der Waals surface area contributed by atoms with Gasteiger partial charge in [0.15, 0.2) is 0 Å². The van der Waals surface area contributed by atoms with Crippen LogP contribution in [0.15, 0.2) is 54.7 Å². The summed E-state index contributed by atoms with van der Waals surface area (Å²) < 4.78 is 0. The zero-order valence-electron chi connectivity index (χ0n) is 20.0. The van der Waals surface area contributed by atoms with Crippen LogP contribution in [0.5, 0.6) is 0 Å². The molecular weight excluding hydrogens is 370 g/mol. The first-order valence-corrected chi connectivity index (χ1v) is 10.7. The monoisotopic (exact) mass is 411 g/mol. The molecule has 0 unspecified atom stereocenters. The maximum Gasteiger partial charge on any atom is 0.116 e. The normalized spacial score (nSPS) is 13.8. The lowest BCUT2D eigenvalue weighted by molar-refractivity contribution is -0.106. The first kappa shape index (κ1) is 27.4. The van der Waals surface area contributed by atoms with Crippen LogP contribution in [-0.2, 0) is 17.8 Å². The molecule has 0 radical (unpaired) electrons. The number of nitrogens with two attached hydrogens (primary N) is 1. The fourth-order valence-electron chi connectivity index (χ4n) is 3.12. The average molecular weight is 412 g/mol. The third-order valence-electron chi connectivity index (χ3n) is 4.62. The Hall–Kier alpha value is -2.59. The van der Waals surface area contributed by atoms with Crippen LogP contribution in [0.1, 0.15) is 52.2 Å². The van der Waals surface area contributed by atoms with Crippen molar-refractivity contribution < 1.29 is 4.79 Å². The summed E-state index contributed by atoms with van der Waals surface area (Å²) in [4.78, 5) is 11.2. The highest BCUT2D eigenvalue weighted by Crippen LogP contribution is 2.33. The van der Waals surface area contributed by atoms with E-state index in [-0.39, 0.29) is 0 Å². The Bertz CT molecular complexity index is 749. The smallest absolute Gasteiger partial charge is 0.116 e.